The Labute approximate surface area is 137 Å². The van der Waals surface area contributed by atoms with Gasteiger partial charge >= 0.3 is 0 Å². The molecule has 23 heavy (non-hydrogen) atoms. The van der Waals surface area contributed by atoms with Gasteiger partial charge in [0, 0.05) is 30.9 Å². The highest BCUT2D eigenvalue weighted by Gasteiger charge is 2.28. The number of hydrogen-bond donors (Lipinski definition) is 1. The van der Waals surface area contributed by atoms with Crippen LogP contribution in [0.2, 0.25) is 0 Å². The molecule has 3 aromatic rings. The number of aromatic nitrogens is 4. The molecular formula is C16H17N5OS. The summed E-state index contributed by atoms with van der Waals surface area (Å²) in [6, 6.07) is 6.07. The van der Waals surface area contributed by atoms with Gasteiger partial charge in [0.25, 0.3) is 5.91 Å². The lowest BCUT2D eigenvalue weighted by Gasteiger charge is -2.32. The van der Waals surface area contributed by atoms with E-state index in [0.717, 1.165) is 48.4 Å². The number of carbonyl (C=O) groups excluding carboxylic acids is 1. The van der Waals surface area contributed by atoms with Crippen LogP contribution in [-0.2, 0) is 0 Å². The summed E-state index contributed by atoms with van der Waals surface area (Å²) in [6.45, 7) is 3.36. The largest absolute Gasteiger partial charge is 0.357 e. The number of aryl methyl sites for hydroxylation is 1. The molecule has 0 unspecified atom stereocenters. The number of carbonyl (C=O) groups is 1. The second-order valence-electron chi connectivity index (χ2n) is 5.94. The SMILES string of the molecule is Cc1nnsc1C(=O)N1CCC[C@@H](c2cc3ncccc3[nH]2)C1. The summed E-state index contributed by atoms with van der Waals surface area (Å²) in [5.41, 5.74) is 3.91. The number of nitrogens with zero attached hydrogens (tertiary/aromatic N) is 4. The van der Waals surface area contributed by atoms with E-state index in [0.29, 0.717) is 10.8 Å². The van der Waals surface area contributed by atoms with E-state index in [-0.39, 0.29) is 5.91 Å². The normalized spacial score (nSPS) is 18.5. The van der Waals surface area contributed by atoms with E-state index in [2.05, 4.69) is 25.6 Å². The minimum Gasteiger partial charge on any atom is -0.357 e. The quantitative estimate of drug-likeness (QED) is 0.785. The smallest absolute Gasteiger partial charge is 0.267 e. The maximum Gasteiger partial charge on any atom is 0.267 e. The summed E-state index contributed by atoms with van der Waals surface area (Å²) in [7, 11) is 0. The lowest BCUT2D eigenvalue weighted by atomic mass is 9.94. The Morgan fingerprint density at radius 3 is 3.17 bits per heavy atom. The number of fused-ring (bicyclic) bond motifs is 1. The van der Waals surface area contributed by atoms with Crippen LogP contribution in [0.5, 0.6) is 0 Å². The number of amides is 1. The molecule has 1 aliphatic rings. The van der Waals surface area contributed by atoms with Gasteiger partial charge in [-0.3, -0.25) is 9.78 Å². The lowest BCUT2D eigenvalue weighted by molar-refractivity contribution is 0.0710. The zero-order valence-corrected chi connectivity index (χ0v) is 13.6. The van der Waals surface area contributed by atoms with E-state index in [9.17, 15) is 4.79 Å². The molecule has 0 spiro atoms. The molecule has 1 atom stereocenters. The molecule has 1 aliphatic heterocycles. The molecule has 1 amide bonds. The number of H-pyrrole nitrogens is 1. The van der Waals surface area contributed by atoms with Gasteiger partial charge in [0.15, 0.2) is 0 Å². The van der Waals surface area contributed by atoms with Gasteiger partial charge in [-0.1, -0.05) is 4.49 Å². The molecule has 0 aromatic carbocycles. The molecule has 4 heterocycles. The van der Waals surface area contributed by atoms with Crippen molar-refractivity contribution >= 4 is 28.5 Å². The maximum absolute atomic E-state index is 12.7. The van der Waals surface area contributed by atoms with Crippen molar-refractivity contribution in [2.75, 3.05) is 13.1 Å². The van der Waals surface area contributed by atoms with Crippen molar-refractivity contribution in [2.45, 2.75) is 25.7 Å². The summed E-state index contributed by atoms with van der Waals surface area (Å²) in [5.74, 6) is 0.375. The highest BCUT2D eigenvalue weighted by atomic mass is 32.1. The number of piperidine rings is 1. The van der Waals surface area contributed by atoms with E-state index < -0.39 is 0 Å². The molecule has 0 saturated carbocycles. The molecule has 118 valence electrons. The third-order valence-corrected chi connectivity index (χ3v) is 5.22. The molecule has 1 fully saturated rings. The average Bonchev–Trinajstić information content (AvgIpc) is 3.20. The number of aromatic amines is 1. The fourth-order valence-electron chi connectivity index (χ4n) is 3.18. The van der Waals surface area contributed by atoms with Gasteiger partial charge in [0.1, 0.15) is 4.88 Å². The third-order valence-electron chi connectivity index (χ3n) is 4.40. The zero-order chi connectivity index (χ0) is 15.8. The Hall–Kier alpha value is -2.28. The minimum absolute atomic E-state index is 0.0523. The van der Waals surface area contributed by atoms with Gasteiger partial charge in [0.05, 0.1) is 16.7 Å². The van der Waals surface area contributed by atoms with Crippen molar-refractivity contribution in [1.29, 1.82) is 0 Å². The van der Waals surface area contributed by atoms with Gasteiger partial charge in [0.2, 0.25) is 0 Å². The summed E-state index contributed by atoms with van der Waals surface area (Å²) >= 11 is 1.18. The van der Waals surface area contributed by atoms with Gasteiger partial charge in [-0.2, -0.15) is 0 Å². The molecule has 4 rings (SSSR count). The molecule has 1 saturated heterocycles. The van der Waals surface area contributed by atoms with Crippen LogP contribution in [-0.4, -0.2) is 43.5 Å². The summed E-state index contributed by atoms with van der Waals surface area (Å²) < 4.78 is 3.87. The predicted molar refractivity (Wildman–Crippen MR) is 88.6 cm³/mol. The van der Waals surface area contributed by atoms with E-state index in [1.54, 1.807) is 6.20 Å². The summed E-state index contributed by atoms with van der Waals surface area (Å²) in [6.07, 6.45) is 3.89. The fraction of sp³-hybridized carbons (Fsp3) is 0.375. The van der Waals surface area contributed by atoms with Crippen molar-refractivity contribution < 1.29 is 4.79 Å². The topological polar surface area (TPSA) is 74.8 Å². The lowest BCUT2D eigenvalue weighted by Crippen LogP contribution is -2.39. The highest BCUT2D eigenvalue weighted by Crippen LogP contribution is 2.29. The van der Waals surface area contributed by atoms with Crippen molar-refractivity contribution in [3.63, 3.8) is 0 Å². The molecule has 0 bridgehead atoms. The van der Waals surface area contributed by atoms with Gasteiger partial charge in [-0.15, -0.1) is 5.10 Å². The number of pyridine rings is 1. The van der Waals surface area contributed by atoms with Crippen molar-refractivity contribution in [1.82, 2.24) is 24.5 Å². The first kappa shape index (κ1) is 14.3. The Morgan fingerprint density at radius 1 is 1.48 bits per heavy atom. The van der Waals surface area contributed by atoms with Gasteiger partial charge in [-0.25, -0.2) is 0 Å². The van der Waals surface area contributed by atoms with Gasteiger partial charge < -0.3 is 9.88 Å². The molecule has 3 aromatic heterocycles. The van der Waals surface area contributed by atoms with Crippen LogP contribution in [0.1, 0.15) is 39.8 Å². The maximum atomic E-state index is 12.7. The molecule has 0 radical (unpaired) electrons. The van der Waals surface area contributed by atoms with Crippen LogP contribution in [0.15, 0.2) is 24.4 Å². The van der Waals surface area contributed by atoms with Crippen LogP contribution in [0.4, 0.5) is 0 Å². The Morgan fingerprint density at radius 2 is 2.39 bits per heavy atom. The second kappa shape index (κ2) is 5.73. The average molecular weight is 327 g/mol. The van der Waals surface area contributed by atoms with Crippen LogP contribution in [0.3, 0.4) is 0 Å². The van der Waals surface area contributed by atoms with Crippen molar-refractivity contribution in [3.8, 4) is 0 Å². The van der Waals surface area contributed by atoms with Gasteiger partial charge in [-0.05, 0) is 49.5 Å². The number of likely N-dealkylation sites (tertiary alicyclic amines) is 1. The zero-order valence-electron chi connectivity index (χ0n) is 12.8. The van der Waals surface area contributed by atoms with E-state index in [4.69, 9.17) is 0 Å². The number of nitrogens with one attached hydrogen (secondary N) is 1. The first-order valence-electron chi connectivity index (χ1n) is 7.74. The number of hydrogen-bond acceptors (Lipinski definition) is 5. The Balaban J connectivity index is 1.57. The molecular weight excluding hydrogens is 310 g/mol. The standard InChI is InChI=1S/C16H17N5OS/c1-10-15(23-20-19-10)16(22)21-7-3-4-11(9-21)13-8-14-12(18-13)5-2-6-17-14/h2,5-6,8,11,18H,3-4,7,9H2,1H3/t11-/m1/s1. The van der Waals surface area contributed by atoms with Crippen LogP contribution in [0, 0.1) is 6.92 Å². The Kier molecular flexibility index (Phi) is 3.57. The third kappa shape index (κ3) is 2.61. The second-order valence-corrected chi connectivity index (χ2v) is 6.69. The molecule has 7 heteroatoms. The predicted octanol–water partition coefficient (Wildman–Crippen LogP) is 2.74. The first-order chi connectivity index (χ1) is 11.2. The Bertz CT molecular complexity index is 822. The van der Waals surface area contributed by atoms with Crippen LogP contribution >= 0.6 is 11.5 Å². The molecule has 6 nitrogen and oxygen atoms in total. The first-order valence-corrected chi connectivity index (χ1v) is 8.51. The highest BCUT2D eigenvalue weighted by molar-refractivity contribution is 7.07. The van der Waals surface area contributed by atoms with Crippen molar-refractivity contribution in [2.24, 2.45) is 0 Å². The van der Waals surface area contributed by atoms with Crippen molar-refractivity contribution in [3.05, 3.63) is 40.7 Å². The summed E-state index contributed by atoms with van der Waals surface area (Å²) in [5, 5.41) is 3.95. The number of rotatable bonds is 2. The van der Waals surface area contributed by atoms with Crippen LogP contribution in [0.25, 0.3) is 11.0 Å². The van der Waals surface area contributed by atoms with E-state index in [1.807, 2.05) is 24.0 Å². The van der Waals surface area contributed by atoms with E-state index in [1.165, 1.54) is 11.5 Å². The molecule has 1 N–H and O–H groups in total. The monoisotopic (exact) mass is 327 g/mol. The minimum atomic E-state index is 0.0523. The van der Waals surface area contributed by atoms with E-state index >= 15 is 0 Å². The fourth-order valence-corrected chi connectivity index (χ4v) is 3.81. The molecule has 0 aliphatic carbocycles. The summed E-state index contributed by atoms with van der Waals surface area (Å²) in [4.78, 5) is 23.1. The van der Waals surface area contributed by atoms with Crippen LogP contribution < -0.4 is 0 Å².